The van der Waals surface area contributed by atoms with E-state index >= 15 is 0 Å². The van der Waals surface area contributed by atoms with Crippen molar-refractivity contribution in [2.24, 2.45) is 5.92 Å². The van der Waals surface area contributed by atoms with Gasteiger partial charge in [0.1, 0.15) is 0 Å². The molecule has 1 fully saturated rings. The molecule has 2 unspecified atom stereocenters. The monoisotopic (exact) mass is 291 g/mol. The zero-order valence-corrected chi connectivity index (χ0v) is 11.9. The predicted octanol–water partition coefficient (Wildman–Crippen LogP) is 3.53. The number of halogens is 3. The Balaban J connectivity index is 2.06. The van der Waals surface area contributed by atoms with E-state index in [1.165, 1.54) is 0 Å². The number of piperidine rings is 1. The standard InChI is InChI=1S/C13H20F3N3O/c1-8(2)11-17-12(20-18-11)9(3)19-6-4-5-10(7-19)13(14,15)16/h8-10H,4-7H2,1-3H3. The predicted molar refractivity (Wildman–Crippen MR) is 67.2 cm³/mol. The van der Waals surface area contributed by atoms with Crippen LogP contribution in [0.25, 0.3) is 0 Å². The van der Waals surface area contributed by atoms with E-state index in [1.54, 1.807) is 4.90 Å². The van der Waals surface area contributed by atoms with E-state index in [9.17, 15) is 13.2 Å². The van der Waals surface area contributed by atoms with Gasteiger partial charge in [0.2, 0.25) is 5.89 Å². The summed E-state index contributed by atoms with van der Waals surface area (Å²) >= 11 is 0. The Morgan fingerprint density at radius 1 is 1.30 bits per heavy atom. The maximum Gasteiger partial charge on any atom is 0.393 e. The summed E-state index contributed by atoms with van der Waals surface area (Å²) < 4.78 is 43.6. The van der Waals surface area contributed by atoms with Gasteiger partial charge in [0.25, 0.3) is 0 Å². The maximum atomic E-state index is 12.8. The van der Waals surface area contributed by atoms with Gasteiger partial charge in [-0.05, 0) is 26.3 Å². The second kappa shape index (κ2) is 5.71. The van der Waals surface area contributed by atoms with Crippen molar-refractivity contribution >= 4 is 0 Å². The maximum absolute atomic E-state index is 12.8. The third-order valence-electron chi connectivity index (χ3n) is 3.79. The van der Waals surface area contributed by atoms with E-state index in [0.717, 1.165) is 0 Å². The summed E-state index contributed by atoms with van der Waals surface area (Å²) in [7, 11) is 0. The Kier molecular flexibility index (Phi) is 4.36. The van der Waals surface area contributed by atoms with Gasteiger partial charge in [-0.25, -0.2) is 0 Å². The van der Waals surface area contributed by atoms with Gasteiger partial charge >= 0.3 is 6.18 Å². The molecule has 0 spiro atoms. The first-order valence-electron chi connectivity index (χ1n) is 6.93. The Hall–Kier alpha value is -1.11. The summed E-state index contributed by atoms with van der Waals surface area (Å²) in [5, 5.41) is 3.86. The fraction of sp³-hybridized carbons (Fsp3) is 0.846. The molecule has 1 aromatic rings. The molecular formula is C13H20F3N3O. The zero-order chi connectivity index (χ0) is 14.9. The molecule has 0 amide bonds. The Bertz CT molecular complexity index is 444. The minimum absolute atomic E-state index is 0.00403. The van der Waals surface area contributed by atoms with Crippen molar-refractivity contribution in [1.29, 1.82) is 0 Å². The van der Waals surface area contributed by atoms with Gasteiger partial charge in [-0.1, -0.05) is 19.0 Å². The highest BCUT2D eigenvalue weighted by Gasteiger charge is 2.43. The van der Waals surface area contributed by atoms with Crippen molar-refractivity contribution in [3.63, 3.8) is 0 Å². The average molecular weight is 291 g/mol. The molecule has 1 aromatic heterocycles. The summed E-state index contributed by atoms with van der Waals surface area (Å²) in [5.41, 5.74) is 0. The largest absolute Gasteiger partial charge is 0.393 e. The average Bonchev–Trinajstić information content (AvgIpc) is 2.87. The lowest BCUT2D eigenvalue weighted by atomic mass is 9.96. The van der Waals surface area contributed by atoms with Gasteiger partial charge in [0, 0.05) is 12.5 Å². The van der Waals surface area contributed by atoms with Crippen LogP contribution < -0.4 is 0 Å². The van der Waals surface area contributed by atoms with Crippen LogP contribution in [0, 0.1) is 5.92 Å². The van der Waals surface area contributed by atoms with Gasteiger partial charge < -0.3 is 4.52 Å². The molecule has 114 valence electrons. The Morgan fingerprint density at radius 3 is 2.55 bits per heavy atom. The van der Waals surface area contributed by atoms with Crippen molar-refractivity contribution in [1.82, 2.24) is 15.0 Å². The van der Waals surface area contributed by atoms with E-state index in [0.29, 0.717) is 24.7 Å². The van der Waals surface area contributed by atoms with Crippen LogP contribution in [0.3, 0.4) is 0 Å². The molecule has 2 atom stereocenters. The third kappa shape index (κ3) is 3.31. The highest BCUT2D eigenvalue weighted by atomic mass is 19.4. The minimum Gasteiger partial charge on any atom is -0.338 e. The number of hydrogen-bond acceptors (Lipinski definition) is 4. The van der Waals surface area contributed by atoms with Gasteiger partial charge in [0.15, 0.2) is 5.82 Å². The van der Waals surface area contributed by atoms with E-state index in [4.69, 9.17) is 4.52 Å². The van der Waals surface area contributed by atoms with Crippen LogP contribution >= 0.6 is 0 Å². The lowest BCUT2D eigenvalue weighted by Gasteiger charge is -2.36. The molecule has 0 bridgehead atoms. The van der Waals surface area contributed by atoms with E-state index in [-0.39, 0.29) is 24.9 Å². The molecule has 0 N–H and O–H groups in total. The first-order valence-corrected chi connectivity index (χ1v) is 6.93. The van der Waals surface area contributed by atoms with E-state index < -0.39 is 12.1 Å². The molecule has 0 aliphatic carbocycles. The lowest BCUT2D eigenvalue weighted by Crippen LogP contribution is -2.42. The minimum atomic E-state index is -4.13. The first-order chi connectivity index (χ1) is 9.29. The third-order valence-corrected chi connectivity index (χ3v) is 3.79. The molecule has 0 radical (unpaired) electrons. The lowest BCUT2D eigenvalue weighted by molar-refractivity contribution is -0.188. The van der Waals surface area contributed by atoms with Gasteiger partial charge in [-0.15, -0.1) is 0 Å². The Labute approximate surface area is 116 Å². The first kappa shape index (κ1) is 15.3. The van der Waals surface area contributed by atoms with Crippen molar-refractivity contribution < 1.29 is 17.7 Å². The topological polar surface area (TPSA) is 42.2 Å². The van der Waals surface area contributed by atoms with Crippen molar-refractivity contribution in [2.75, 3.05) is 13.1 Å². The van der Waals surface area contributed by atoms with Gasteiger partial charge in [-0.2, -0.15) is 18.2 Å². The molecule has 0 aromatic carbocycles. The summed E-state index contributed by atoms with van der Waals surface area (Å²) in [6.07, 6.45) is -3.39. The quantitative estimate of drug-likeness (QED) is 0.854. The van der Waals surface area contributed by atoms with Crippen molar-refractivity contribution in [3.05, 3.63) is 11.7 Å². The molecule has 2 heterocycles. The molecule has 7 heteroatoms. The smallest absolute Gasteiger partial charge is 0.338 e. The zero-order valence-electron chi connectivity index (χ0n) is 11.9. The molecule has 0 saturated carbocycles. The normalized spacial score (nSPS) is 23.2. The summed E-state index contributed by atoms with van der Waals surface area (Å²) in [4.78, 5) is 6.05. The number of rotatable bonds is 3. The molecule has 20 heavy (non-hydrogen) atoms. The van der Waals surface area contributed by atoms with Crippen LogP contribution in [-0.4, -0.2) is 34.3 Å². The molecule has 1 aliphatic rings. The van der Waals surface area contributed by atoms with E-state index in [1.807, 2.05) is 20.8 Å². The SMILES string of the molecule is CC(C)c1noc(C(C)N2CCCC(C(F)(F)F)C2)n1. The highest BCUT2D eigenvalue weighted by Crippen LogP contribution is 2.35. The molecule has 2 rings (SSSR count). The van der Waals surface area contributed by atoms with Crippen LogP contribution in [-0.2, 0) is 0 Å². The fourth-order valence-corrected chi connectivity index (χ4v) is 2.43. The fourth-order valence-electron chi connectivity index (χ4n) is 2.43. The molecule has 1 aliphatic heterocycles. The van der Waals surface area contributed by atoms with Gasteiger partial charge in [-0.3, -0.25) is 4.90 Å². The summed E-state index contributed by atoms with van der Waals surface area (Å²) in [5.74, 6) is -0.122. The second-order valence-corrected chi connectivity index (χ2v) is 5.70. The van der Waals surface area contributed by atoms with Crippen LogP contribution in [0.1, 0.15) is 57.3 Å². The van der Waals surface area contributed by atoms with Crippen LogP contribution in [0.15, 0.2) is 4.52 Å². The summed E-state index contributed by atoms with van der Waals surface area (Å²) in [6.45, 7) is 6.34. The number of hydrogen-bond donors (Lipinski definition) is 0. The van der Waals surface area contributed by atoms with Crippen LogP contribution in [0.5, 0.6) is 0 Å². The molecular weight excluding hydrogens is 271 g/mol. The number of alkyl halides is 3. The van der Waals surface area contributed by atoms with Crippen LogP contribution in [0.2, 0.25) is 0 Å². The summed E-state index contributed by atoms with van der Waals surface area (Å²) in [6, 6.07) is -0.278. The van der Waals surface area contributed by atoms with Crippen molar-refractivity contribution in [2.45, 2.75) is 51.7 Å². The van der Waals surface area contributed by atoms with Crippen molar-refractivity contribution in [3.8, 4) is 0 Å². The number of nitrogens with zero attached hydrogens (tertiary/aromatic N) is 3. The second-order valence-electron chi connectivity index (χ2n) is 5.70. The van der Waals surface area contributed by atoms with Gasteiger partial charge in [0.05, 0.1) is 12.0 Å². The van der Waals surface area contributed by atoms with E-state index in [2.05, 4.69) is 10.1 Å². The number of aromatic nitrogens is 2. The highest BCUT2D eigenvalue weighted by molar-refractivity contribution is 4.96. The molecule has 4 nitrogen and oxygen atoms in total. The molecule has 1 saturated heterocycles. The number of likely N-dealkylation sites (tertiary alicyclic amines) is 1. The Morgan fingerprint density at radius 2 is 2.00 bits per heavy atom. The van der Waals surface area contributed by atoms with Crippen LogP contribution in [0.4, 0.5) is 13.2 Å².